The van der Waals surface area contributed by atoms with Crippen LogP contribution in [0.3, 0.4) is 0 Å². The third-order valence-corrected chi connectivity index (χ3v) is 3.44. The van der Waals surface area contributed by atoms with Crippen molar-refractivity contribution in [3.05, 3.63) is 35.9 Å². The number of aromatic nitrogens is 3. The third-order valence-electron chi connectivity index (χ3n) is 1.96. The predicted molar refractivity (Wildman–Crippen MR) is 70.9 cm³/mol. The first-order valence-electron chi connectivity index (χ1n) is 5.10. The van der Waals surface area contributed by atoms with Crippen molar-refractivity contribution in [1.82, 2.24) is 15.2 Å². The minimum Gasteiger partial charge on any atom is -0.252 e. The zero-order valence-electron chi connectivity index (χ0n) is 9.62. The van der Waals surface area contributed by atoms with Gasteiger partial charge in [-0.1, -0.05) is 42.1 Å². The first-order chi connectivity index (χ1) is 8.53. The van der Waals surface area contributed by atoms with Crippen molar-refractivity contribution < 1.29 is 8.42 Å². The number of nitrogens with zero attached hydrogens (tertiary/aromatic N) is 2. The molecule has 96 valence electrons. The van der Waals surface area contributed by atoms with Crippen LogP contribution in [0, 0.1) is 0 Å². The summed E-state index contributed by atoms with van der Waals surface area (Å²) in [5.41, 5.74) is 1.16. The van der Waals surface area contributed by atoms with Gasteiger partial charge in [-0.2, -0.15) is 4.98 Å². The van der Waals surface area contributed by atoms with E-state index in [1.54, 1.807) is 0 Å². The lowest BCUT2D eigenvalue weighted by Crippen LogP contribution is -2.10. The molecule has 6 nitrogen and oxygen atoms in total. The molecule has 0 aliphatic heterocycles. The molecule has 0 bridgehead atoms. The summed E-state index contributed by atoms with van der Waals surface area (Å²) in [5, 5.41) is 6.95. The van der Waals surface area contributed by atoms with E-state index in [0.717, 1.165) is 17.6 Å². The molecule has 8 heteroatoms. The molecule has 0 spiro atoms. The van der Waals surface area contributed by atoms with E-state index >= 15 is 0 Å². The number of hydrogen-bond acceptors (Lipinski definition) is 5. The van der Waals surface area contributed by atoms with Crippen molar-refractivity contribution in [1.29, 1.82) is 0 Å². The Morgan fingerprint density at radius 2 is 2.06 bits per heavy atom. The predicted octanol–water partition coefficient (Wildman–Crippen LogP) is 1.47. The summed E-state index contributed by atoms with van der Waals surface area (Å²) in [6.07, 6.45) is 1.06. The number of hydrogen-bond donors (Lipinski definition) is 2. The van der Waals surface area contributed by atoms with Crippen LogP contribution in [0.1, 0.15) is 5.56 Å². The van der Waals surface area contributed by atoms with Gasteiger partial charge in [-0.15, -0.1) is 5.10 Å². The monoisotopic (exact) mass is 284 g/mol. The molecule has 0 saturated carbocycles. The van der Waals surface area contributed by atoms with Crippen LogP contribution in [0.4, 0.5) is 5.95 Å². The Bertz CT molecular complexity index is 610. The third kappa shape index (κ3) is 4.04. The Balaban J connectivity index is 1.95. The summed E-state index contributed by atoms with van der Waals surface area (Å²) in [7, 11) is -3.32. The van der Waals surface area contributed by atoms with E-state index in [2.05, 4.69) is 19.9 Å². The maximum atomic E-state index is 11.0. The lowest BCUT2D eigenvalue weighted by atomic mass is 10.2. The second-order valence-electron chi connectivity index (χ2n) is 3.62. The number of rotatable bonds is 5. The fourth-order valence-electron chi connectivity index (χ4n) is 1.25. The molecule has 2 N–H and O–H groups in total. The average Bonchev–Trinajstić information content (AvgIpc) is 2.73. The van der Waals surface area contributed by atoms with Gasteiger partial charge in [0, 0.05) is 5.75 Å². The summed E-state index contributed by atoms with van der Waals surface area (Å²) in [6, 6.07) is 9.90. The first kappa shape index (κ1) is 12.9. The molecule has 0 fully saturated rings. The first-order valence-corrected chi connectivity index (χ1v) is 7.97. The molecule has 2 rings (SSSR count). The van der Waals surface area contributed by atoms with E-state index in [4.69, 9.17) is 0 Å². The normalized spacial score (nSPS) is 11.4. The minimum absolute atomic E-state index is 0.132. The zero-order chi connectivity index (χ0) is 13.0. The van der Waals surface area contributed by atoms with Crippen molar-refractivity contribution in [2.45, 2.75) is 10.9 Å². The highest BCUT2D eigenvalue weighted by atomic mass is 32.2. The molecule has 0 atom stereocenters. The molecule has 0 amide bonds. The van der Waals surface area contributed by atoms with Gasteiger partial charge in [0.1, 0.15) is 0 Å². The van der Waals surface area contributed by atoms with Gasteiger partial charge < -0.3 is 0 Å². The largest absolute Gasteiger partial charge is 0.252 e. The van der Waals surface area contributed by atoms with E-state index in [9.17, 15) is 8.42 Å². The van der Waals surface area contributed by atoms with Crippen molar-refractivity contribution >= 4 is 27.7 Å². The summed E-state index contributed by atoms with van der Waals surface area (Å²) < 4.78 is 24.2. The second-order valence-corrected chi connectivity index (χ2v) is 6.31. The fraction of sp³-hybridized carbons (Fsp3) is 0.200. The highest BCUT2D eigenvalue weighted by Crippen LogP contribution is 2.19. The molecule has 0 aliphatic rings. The van der Waals surface area contributed by atoms with E-state index in [0.29, 0.717) is 5.16 Å². The highest BCUT2D eigenvalue weighted by Gasteiger charge is 2.07. The van der Waals surface area contributed by atoms with Gasteiger partial charge in [0.05, 0.1) is 6.26 Å². The smallest absolute Gasteiger partial charge is 0.233 e. The van der Waals surface area contributed by atoms with Crippen LogP contribution in [-0.2, 0) is 15.8 Å². The lowest BCUT2D eigenvalue weighted by Gasteiger charge is -1.97. The number of H-pyrrole nitrogens is 1. The molecule has 2 aromatic rings. The van der Waals surface area contributed by atoms with Crippen LogP contribution in [0.5, 0.6) is 0 Å². The Morgan fingerprint density at radius 3 is 2.72 bits per heavy atom. The number of aromatic amines is 1. The Hall–Kier alpha value is -1.54. The Kier molecular flexibility index (Phi) is 3.87. The molecular formula is C10H12N4O2S2. The summed E-state index contributed by atoms with van der Waals surface area (Å²) in [6.45, 7) is 0. The van der Waals surface area contributed by atoms with Gasteiger partial charge in [0.25, 0.3) is 0 Å². The topological polar surface area (TPSA) is 87.7 Å². The van der Waals surface area contributed by atoms with Crippen molar-refractivity contribution in [3.63, 3.8) is 0 Å². The average molecular weight is 284 g/mol. The Labute approximate surface area is 109 Å². The van der Waals surface area contributed by atoms with E-state index < -0.39 is 10.0 Å². The van der Waals surface area contributed by atoms with Crippen molar-refractivity contribution in [2.75, 3.05) is 11.0 Å². The summed E-state index contributed by atoms with van der Waals surface area (Å²) in [4.78, 5) is 4.02. The molecule has 1 aromatic carbocycles. The maximum absolute atomic E-state index is 11.0. The van der Waals surface area contributed by atoms with E-state index in [1.165, 1.54) is 11.8 Å². The van der Waals surface area contributed by atoms with E-state index in [-0.39, 0.29) is 5.95 Å². The quantitative estimate of drug-likeness (QED) is 0.812. The van der Waals surface area contributed by atoms with Crippen molar-refractivity contribution in [2.24, 2.45) is 0 Å². The highest BCUT2D eigenvalue weighted by molar-refractivity contribution is 7.98. The maximum Gasteiger partial charge on any atom is 0.233 e. The van der Waals surface area contributed by atoms with Crippen LogP contribution in [0.2, 0.25) is 0 Å². The molecule has 0 aliphatic carbocycles. The summed E-state index contributed by atoms with van der Waals surface area (Å²) in [5.74, 6) is 0.866. The number of sulfonamides is 1. The standard InChI is InChI=1S/C10H12N4O2S2/c1-18(15,16)14-9-11-10(13-12-9)17-7-8-5-3-2-4-6-8/h2-6H,7H2,1H3,(H2,11,12,13,14). The van der Waals surface area contributed by atoms with Gasteiger partial charge in [0.15, 0.2) is 0 Å². The summed E-state index contributed by atoms with van der Waals surface area (Å²) >= 11 is 1.43. The second kappa shape index (κ2) is 5.40. The molecule has 18 heavy (non-hydrogen) atoms. The van der Waals surface area contributed by atoms with Crippen LogP contribution in [0.25, 0.3) is 0 Å². The molecule has 0 unspecified atom stereocenters. The van der Waals surface area contributed by atoms with Gasteiger partial charge >= 0.3 is 0 Å². The number of nitrogens with one attached hydrogen (secondary N) is 2. The number of benzene rings is 1. The van der Waals surface area contributed by atoms with E-state index in [1.807, 2.05) is 30.3 Å². The molecule has 1 heterocycles. The lowest BCUT2D eigenvalue weighted by molar-refractivity contribution is 0.606. The van der Waals surface area contributed by atoms with Crippen LogP contribution >= 0.6 is 11.8 Å². The van der Waals surface area contributed by atoms with Crippen LogP contribution in [0.15, 0.2) is 35.5 Å². The fourth-order valence-corrected chi connectivity index (χ4v) is 2.45. The van der Waals surface area contributed by atoms with Crippen LogP contribution < -0.4 is 4.72 Å². The molecule has 0 radical (unpaired) electrons. The van der Waals surface area contributed by atoms with Crippen LogP contribution in [-0.4, -0.2) is 29.9 Å². The van der Waals surface area contributed by atoms with Gasteiger partial charge in [-0.05, 0) is 5.56 Å². The number of anilines is 1. The SMILES string of the molecule is CS(=O)(=O)Nc1nc(SCc2ccccc2)n[nH]1. The zero-order valence-corrected chi connectivity index (χ0v) is 11.3. The number of thioether (sulfide) groups is 1. The van der Waals surface area contributed by atoms with Gasteiger partial charge in [0.2, 0.25) is 21.1 Å². The molecule has 0 saturated heterocycles. The minimum atomic E-state index is -3.32. The molecular weight excluding hydrogens is 272 g/mol. The van der Waals surface area contributed by atoms with Gasteiger partial charge in [-0.3, -0.25) is 4.72 Å². The van der Waals surface area contributed by atoms with Gasteiger partial charge in [-0.25, -0.2) is 13.5 Å². The van der Waals surface area contributed by atoms with Crippen molar-refractivity contribution in [3.8, 4) is 0 Å². The molecule has 1 aromatic heterocycles. The Morgan fingerprint density at radius 1 is 1.33 bits per heavy atom.